The molecule has 1 fully saturated rings. The van der Waals surface area contributed by atoms with Crippen molar-refractivity contribution in [2.75, 3.05) is 6.61 Å². The molecule has 0 bridgehead atoms. The maximum Gasteiger partial charge on any atom is 0.253 e. The van der Waals surface area contributed by atoms with Crippen molar-refractivity contribution in [3.8, 4) is 0 Å². The minimum atomic E-state index is -0.617. The molecule has 0 aliphatic heterocycles. The fourth-order valence-corrected chi connectivity index (χ4v) is 2.57. The van der Waals surface area contributed by atoms with Gasteiger partial charge < -0.3 is 10.4 Å². The van der Waals surface area contributed by atoms with Gasteiger partial charge in [0.15, 0.2) is 0 Å². The molecule has 1 saturated carbocycles. The van der Waals surface area contributed by atoms with Crippen LogP contribution in [-0.2, 0) is 0 Å². The van der Waals surface area contributed by atoms with E-state index in [4.69, 9.17) is 11.6 Å². The number of carbonyl (C=O) groups is 1. The Morgan fingerprint density at radius 3 is 2.72 bits per heavy atom. The molecule has 1 amide bonds. The maximum absolute atomic E-state index is 13.3. The van der Waals surface area contributed by atoms with Crippen LogP contribution < -0.4 is 5.32 Å². The molecule has 1 aliphatic carbocycles. The number of hydrogen-bond donors (Lipinski definition) is 2. The third-order valence-corrected chi connectivity index (χ3v) is 3.82. The first-order valence-electron chi connectivity index (χ1n) is 5.95. The highest BCUT2D eigenvalue weighted by Crippen LogP contribution is 2.30. The van der Waals surface area contributed by atoms with Gasteiger partial charge in [-0.05, 0) is 25.0 Å². The van der Waals surface area contributed by atoms with Crippen LogP contribution in [0.5, 0.6) is 0 Å². The highest BCUT2D eigenvalue weighted by atomic mass is 35.5. The van der Waals surface area contributed by atoms with Crippen molar-refractivity contribution in [1.29, 1.82) is 0 Å². The van der Waals surface area contributed by atoms with Crippen molar-refractivity contribution in [1.82, 2.24) is 5.32 Å². The number of carbonyl (C=O) groups excluding carboxylic acids is 1. The van der Waals surface area contributed by atoms with Gasteiger partial charge in [0.25, 0.3) is 5.91 Å². The smallest absolute Gasteiger partial charge is 0.253 e. The van der Waals surface area contributed by atoms with Crippen LogP contribution in [0.1, 0.15) is 36.0 Å². The monoisotopic (exact) mass is 271 g/mol. The highest BCUT2D eigenvalue weighted by molar-refractivity contribution is 6.34. The standard InChI is InChI=1S/C13H15ClFNO2/c14-11-9(4-3-5-10(11)15)12(18)16-13(8-17)6-1-2-7-13/h3-5,17H,1-2,6-8H2,(H,16,18). The predicted octanol–water partition coefficient (Wildman–Crippen LogP) is 2.51. The minimum Gasteiger partial charge on any atom is -0.394 e. The lowest BCUT2D eigenvalue weighted by molar-refractivity contribution is 0.0838. The van der Waals surface area contributed by atoms with Gasteiger partial charge in [-0.2, -0.15) is 0 Å². The van der Waals surface area contributed by atoms with Crippen molar-refractivity contribution in [2.24, 2.45) is 0 Å². The van der Waals surface area contributed by atoms with Gasteiger partial charge in [-0.15, -0.1) is 0 Å². The van der Waals surface area contributed by atoms with Crippen LogP contribution >= 0.6 is 11.6 Å². The van der Waals surface area contributed by atoms with E-state index in [1.165, 1.54) is 18.2 Å². The topological polar surface area (TPSA) is 49.3 Å². The van der Waals surface area contributed by atoms with Gasteiger partial charge in [-0.1, -0.05) is 30.5 Å². The zero-order valence-corrected chi connectivity index (χ0v) is 10.6. The molecular formula is C13H15ClFNO2. The summed E-state index contributed by atoms with van der Waals surface area (Å²) in [7, 11) is 0. The molecule has 98 valence electrons. The third-order valence-electron chi connectivity index (χ3n) is 3.44. The van der Waals surface area contributed by atoms with Crippen molar-refractivity contribution in [3.63, 3.8) is 0 Å². The van der Waals surface area contributed by atoms with Gasteiger partial charge in [0.05, 0.1) is 22.7 Å². The number of rotatable bonds is 3. The quantitative estimate of drug-likeness (QED) is 0.887. The van der Waals surface area contributed by atoms with Crippen LogP contribution in [0.3, 0.4) is 0 Å². The van der Waals surface area contributed by atoms with Crippen LogP contribution in [0.2, 0.25) is 5.02 Å². The second-order valence-electron chi connectivity index (χ2n) is 4.70. The van der Waals surface area contributed by atoms with Gasteiger partial charge in [0, 0.05) is 0 Å². The van der Waals surface area contributed by atoms with Gasteiger partial charge in [-0.3, -0.25) is 4.79 Å². The summed E-state index contributed by atoms with van der Waals surface area (Å²) in [5.41, 5.74) is -0.469. The SMILES string of the molecule is O=C(NC1(CO)CCCC1)c1cccc(F)c1Cl. The summed E-state index contributed by atoms with van der Waals surface area (Å²) in [6.07, 6.45) is 3.42. The molecule has 3 nitrogen and oxygen atoms in total. The molecule has 1 aliphatic rings. The molecule has 2 rings (SSSR count). The molecule has 0 heterocycles. The summed E-state index contributed by atoms with van der Waals surface area (Å²) < 4.78 is 13.3. The Balaban J connectivity index is 2.19. The van der Waals surface area contributed by atoms with E-state index in [2.05, 4.69) is 5.32 Å². The van der Waals surface area contributed by atoms with Crippen molar-refractivity contribution >= 4 is 17.5 Å². The fraction of sp³-hybridized carbons (Fsp3) is 0.462. The minimum absolute atomic E-state index is 0.105. The molecule has 1 aromatic carbocycles. The van der Waals surface area contributed by atoms with Crippen molar-refractivity contribution in [2.45, 2.75) is 31.2 Å². The fourth-order valence-electron chi connectivity index (χ4n) is 2.36. The van der Waals surface area contributed by atoms with E-state index in [9.17, 15) is 14.3 Å². The van der Waals surface area contributed by atoms with Crippen molar-refractivity contribution < 1.29 is 14.3 Å². The lowest BCUT2D eigenvalue weighted by atomic mass is 9.98. The van der Waals surface area contributed by atoms with E-state index in [0.717, 1.165) is 25.7 Å². The summed E-state index contributed by atoms with van der Waals surface area (Å²) in [5.74, 6) is -1.05. The van der Waals surface area contributed by atoms with Gasteiger partial charge in [0.2, 0.25) is 0 Å². The van der Waals surface area contributed by atoms with Gasteiger partial charge in [0.1, 0.15) is 5.82 Å². The van der Waals surface area contributed by atoms with Gasteiger partial charge in [-0.25, -0.2) is 4.39 Å². The molecule has 5 heteroatoms. The van der Waals surface area contributed by atoms with E-state index < -0.39 is 17.3 Å². The third kappa shape index (κ3) is 2.49. The second-order valence-corrected chi connectivity index (χ2v) is 5.08. The molecule has 0 aromatic heterocycles. The number of benzene rings is 1. The molecular weight excluding hydrogens is 257 g/mol. The first-order chi connectivity index (χ1) is 8.58. The first-order valence-corrected chi connectivity index (χ1v) is 6.33. The van der Waals surface area contributed by atoms with Crippen LogP contribution in [0, 0.1) is 5.82 Å². The zero-order valence-electron chi connectivity index (χ0n) is 9.88. The maximum atomic E-state index is 13.3. The lowest BCUT2D eigenvalue weighted by Gasteiger charge is -2.28. The molecule has 0 spiro atoms. The Labute approximate surface area is 110 Å². The number of amides is 1. The van der Waals surface area contributed by atoms with Crippen LogP contribution in [0.4, 0.5) is 4.39 Å². The van der Waals surface area contributed by atoms with Crippen LogP contribution in [0.25, 0.3) is 0 Å². The summed E-state index contributed by atoms with van der Waals surface area (Å²) in [6.45, 7) is -0.105. The molecule has 0 saturated heterocycles. The van der Waals surface area contributed by atoms with E-state index >= 15 is 0 Å². The number of halogens is 2. The second kappa shape index (κ2) is 5.24. The average molecular weight is 272 g/mol. The normalized spacial score (nSPS) is 17.7. The first kappa shape index (κ1) is 13.3. The lowest BCUT2D eigenvalue weighted by Crippen LogP contribution is -2.49. The van der Waals surface area contributed by atoms with Crippen LogP contribution in [-0.4, -0.2) is 23.2 Å². The molecule has 2 N–H and O–H groups in total. The van der Waals surface area contributed by atoms with Gasteiger partial charge >= 0.3 is 0 Å². The molecule has 1 aromatic rings. The molecule has 0 atom stereocenters. The Morgan fingerprint density at radius 2 is 2.11 bits per heavy atom. The number of hydrogen-bond acceptors (Lipinski definition) is 2. The number of nitrogens with one attached hydrogen (secondary N) is 1. The Kier molecular flexibility index (Phi) is 3.88. The molecule has 18 heavy (non-hydrogen) atoms. The largest absolute Gasteiger partial charge is 0.394 e. The summed E-state index contributed by atoms with van der Waals surface area (Å²) in [4.78, 5) is 12.1. The van der Waals surface area contributed by atoms with Crippen LogP contribution in [0.15, 0.2) is 18.2 Å². The molecule has 0 unspecified atom stereocenters. The average Bonchev–Trinajstić information content (AvgIpc) is 2.81. The van der Waals surface area contributed by atoms with E-state index in [0.29, 0.717) is 0 Å². The molecule has 0 radical (unpaired) electrons. The number of aliphatic hydroxyl groups is 1. The zero-order chi connectivity index (χ0) is 13.2. The van der Waals surface area contributed by atoms with E-state index in [1.54, 1.807) is 0 Å². The Bertz CT molecular complexity index is 458. The number of aliphatic hydroxyl groups excluding tert-OH is 1. The Morgan fingerprint density at radius 1 is 1.44 bits per heavy atom. The van der Waals surface area contributed by atoms with E-state index in [-0.39, 0.29) is 17.2 Å². The summed E-state index contributed by atoms with van der Waals surface area (Å²) in [5, 5.41) is 12.0. The predicted molar refractivity (Wildman–Crippen MR) is 67.2 cm³/mol. The van der Waals surface area contributed by atoms with Crippen molar-refractivity contribution in [3.05, 3.63) is 34.6 Å². The highest BCUT2D eigenvalue weighted by Gasteiger charge is 2.35. The Hall–Kier alpha value is -1.13. The summed E-state index contributed by atoms with van der Waals surface area (Å²) in [6, 6.07) is 4.12. The summed E-state index contributed by atoms with van der Waals surface area (Å²) >= 11 is 5.76. The van der Waals surface area contributed by atoms with E-state index in [1.807, 2.05) is 0 Å².